The predicted octanol–water partition coefficient (Wildman–Crippen LogP) is 4.46. The van der Waals surface area contributed by atoms with Crippen LogP contribution in [0.15, 0.2) is 60.7 Å². The molecule has 1 fully saturated rings. The van der Waals surface area contributed by atoms with E-state index in [9.17, 15) is 14.7 Å². The Balaban J connectivity index is 1.78. The molecule has 2 aromatic carbocycles. The number of hydrogen-bond acceptors (Lipinski definition) is 7. The van der Waals surface area contributed by atoms with Gasteiger partial charge in [0.25, 0.3) is 11.7 Å². The number of aryl methyl sites for hydroxylation is 1. The maximum atomic E-state index is 13.3. The molecule has 1 saturated heterocycles. The summed E-state index contributed by atoms with van der Waals surface area (Å²) in [6.45, 7) is 3.15. The fraction of sp³-hybridized carbons (Fsp3) is 0.296. The lowest BCUT2D eigenvalue weighted by molar-refractivity contribution is -0.139. The second-order valence-corrected chi connectivity index (χ2v) is 8.75. The number of Topliss-reactive ketones (excluding diaryl/α,β-unsaturated/α-hetero) is 1. The van der Waals surface area contributed by atoms with E-state index in [1.54, 1.807) is 42.9 Å². The molecule has 0 saturated carbocycles. The van der Waals surface area contributed by atoms with Gasteiger partial charge in [0.1, 0.15) is 11.5 Å². The third-order valence-electron chi connectivity index (χ3n) is 6.14. The van der Waals surface area contributed by atoms with Crippen molar-refractivity contribution >= 4 is 29.1 Å². The summed E-state index contributed by atoms with van der Waals surface area (Å²) < 4.78 is 18.2. The quantitative estimate of drug-likeness (QED) is 0.237. The summed E-state index contributed by atoms with van der Waals surface area (Å²) in [6, 6.07) is 9.05. The third-order valence-corrected chi connectivity index (χ3v) is 6.44. The Morgan fingerprint density at radius 3 is 2.46 bits per heavy atom. The van der Waals surface area contributed by atoms with Crippen LogP contribution in [0.2, 0.25) is 5.02 Å². The highest BCUT2D eigenvalue weighted by molar-refractivity contribution is 6.46. The molecule has 4 rings (SSSR count). The number of halogens is 1. The molecule has 0 aliphatic carbocycles. The van der Waals surface area contributed by atoms with Crippen molar-refractivity contribution in [1.82, 2.24) is 14.5 Å². The molecule has 10 heteroatoms. The van der Waals surface area contributed by atoms with E-state index in [2.05, 4.69) is 4.98 Å². The first-order valence-corrected chi connectivity index (χ1v) is 12.2. The van der Waals surface area contributed by atoms with E-state index in [1.807, 2.05) is 17.7 Å². The van der Waals surface area contributed by atoms with E-state index in [0.717, 1.165) is 0 Å². The number of hydrogen-bond donors (Lipinski definition) is 1. The van der Waals surface area contributed by atoms with Crippen molar-refractivity contribution in [2.45, 2.75) is 25.9 Å². The molecule has 0 radical (unpaired) electrons. The largest absolute Gasteiger partial charge is 0.507 e. The third kappa shape index (κ3) is 5.27. The fourth-order valence-corrected chi connectivity index (χ4v) is 4.63. The monoisotopic (exact) mass is 525 g/mol. The first-order valence-electron chi connectivity index (χ1n) is 11.8. The van der Waals surface area contributed by atoms with E-state index in [-0.39, 0.29) is 22.9 Å². The van der Waals surface area contributed by atoms with E-state index in [0.29, 0.717) is 47.9 Å². The number of amides is 1. The number of benzene rings is 2. The molecular formula is C27H28ClN3O6. The van der Waals surface area contributed by atoms with Crippen LogP contribution in [0.5, 0.6) is 17.2 Å². The Morgan fingerprint density at radius 2 is 1.81 bits per heavy atom. The number of ether oxygens (including phenoxy) is 3. The van der Waals surface area contributed by atoms with Crippen molar-refractivity contribution in [3.63, 3.8) is 0 Å². The van der Waals surface area contributed by atoms with Crippen molar-refractivity contribution in [3.8, 4) is 17.2 Å². The summed E-state index contributed by atoms with van der Waals surface area (Å²) in [7, 11) is 3.03. The van der Waals surface area contributed by atoms with Crippen molar-refractivity contribution in [2.75, 3.05) is 27.4 Å². The Labute approximate surface area is 219 Å². The number of ketones is 1. The van der Waals surface area contributed by atoms with Crippen LogP contribution in [0.4, 0.5) is 0 Å². The van der Waals surface area contributed by atoms with Crippen LogP contribution in [-0.4, -0.2) is 58.6 Å². The zero-order valence-electron chi connectivity index (χ0n) is 20.8. The average Bonchev–Trinajstić information content (AvgIpc) is 3.51. The maximum Gasteiger partial charge on any atom is 0.295 e. The van der Waals surface area contributed by atoms with E-state index >= 15 is 0 Å². The molecule has 3 aromatic rings. The van der Waals surface area contributed by atoms with Gasteiger partial charge in [0.05, 0.1) is 43.8 Å². The van der Waals surface area contributed by atoms with Crippen molar-refractivity contribution in [1.29, 1.82) is 0 Å². The van der Waals surface area contributed by atoms with Gasteiger partial charge < -0.3 is 28.8 Å². The highest BCUT2D eigenvalue weighted by Gasteiger charge is 2.46. The maximum absolute atomic E-state index is 13.3. The first-order chi connectivity index (χ1) is 17.9. The lowest BCUT2D eigenvalue weighted by Gasteiger charge is -2.26. The molecule has 0 bridgehead atoms. The molecule has 2 heterocycles. The van der Waals surface area contributed by atoms with Gasteiger partial charge in [-0.2, -0.15) is 0 Å². The zero-order valence-corrected chi connectivity index (χ0v) is 21.6. The minimum Gasteiger partial charge on any atom is -0.507 e. The number of nitrogens with zero attached hydrogens (tertiary/aromatic N) is 3. The number of carbonyl (C=O) groups excluding carboxylic acids is 2. The highest BCUT2D eigenvalue weighted by Crippen LogP contribution is 2.42. The summed E-state index contributed by atoms with van der Waals surface area (Å²) >= 11 is 6.34. The second kappa shape index (κ2) is 11.4. The Bertz CT molecular complexity index is 1320. The van der Waals surface area contributed by atoms with Gasteiger partial charge in [0.15, 0.2) is 11.5 Å². The number of aliphatic hydroxyl groups excluding tert-OH is 1. The minimum atomic E-state index is -0.840. The van der Waals surface area contributed by atoms with Gasteiger partial charge in [-0.3, -0.25) is 9.59 Å². The van der Waals surface area contributed by atoms with Gasteiger partial charge >= 0.3 is 0 Å². The average molecular weight is 526 g/mol. The van der Waals surface area contributed by atoms with Crippen LogP contribution in [-0.2, 0) is 16.1 Å². The number of aromatic nitrogens is 2. The molecule has 1 aliphatic rings. The Morgan fingerprint density at radius 1 is 1.05 bits per heavy atom. The van der Waals surface area contributed by atoms with Crippen LogP contribution in [0.3, 0.4) is 0 Å². The summed E-state index contributed by atoms with van der Waals surface area (Å²) in [5, 5.41) is 11.6. The Kier molecular flexibility index (Phi) is 8.03. The molecule has 194 valence electrons. The molecular weight excluding hydrogens is 498 g/mol. The van der Waals surface area contributed by atoms with Crippen molar-refractivity contribution in [3.05, 3.63) is 76.8 Å². The number of methoxy groups -OCH3 is 2. The molecule has 1 aliphatic heterocycles. The van der Waals surface area contributed by atoms with Gasteiger partial charge in [0.2, 0.25) is 0 Å². The SMILES string of the molecule is CCOc1ccc(C(O)=C2C(=O)C(=O)N(CCCn3ccnc3)[C@@H]2c2ccc(OC)c(OC)c2)cc1Cl. The summed E-state index contributed by atoms with van der Waals surface area (Å²) in [5.41, 5.74) is 0.869. The topological polar surface area (TPSA) is 103 Å². The summed E-state index contributed by atoms with van der Waals surface area (Å²) in [6.07, 6.45) is 5.77. The molecule has 37 heavy (non-hydrogen) atoms. The van der Waals surface area contributed by atoms with Gasteiger partial charge in [-0.05, 0) is 49.2 Å². The number of aliphatic hydroxyl groups is 1. The number of carbonyl (C=O) groups is 2. The predicted molar refractivity (Wildman–Crippen MR) is 138 cm³/mol. The standard InChI is InChI=1S/C27H28ClN3O6/c1-4-37-20-8-7-18(14-19(20)28)25(32)23-24(17-6-9-21(35-2)22(15-17)36-3)31(27(34)26(23)33)12-5-11-30-13-10-29-16-30/h6-10,13-16,24,32H,4-5,11-12H2,1-3H3/t24-/m1/s1. The first kappa shape index (κ1) is 26.1. The molecule has 9 nitrogen and oxygen atoms in total. The van der Waals surface area contributed by atoms with Crippen LogP contribution in [0.25, 0.3) is 5.76 Å². The smallest absolute Gasteiger partial charge is 0.295 e. The summed E-state index contributed by atoms with van der Waals surface area (Å²) in [5.74, 6) is -0.388. The lowest BCUT2D eigenvalue weighted by atomic mass is 9.95. The van der Waals surface area contributed by atoms with Crippen LogP contribution >= 0.6 is 11.6 Å². The summed E-state index contributed by atoms with van der Waals surface area (Å²) in [4.78, 5) is 32.0. The van der Waals surface area contributed by atoms with E-state index in [1.165, 1.54) is 25.2 Å². The van der Waals surface area contributed by atoms with Crippen LogP contribution < -0.4 is 14.2 Å². The van der Waals surface area contributed by atoms with Gasteiger partial charge in [-0.25, -0.2) is 4.98 Å². The van der Waals surface area contributed by atoms with Crippen LogP contribution in [0, 0.1) is 0 Å². The zero-order chi connectivity index (χ0) is 26.5. The van der Waals surface area contributed by atoms with E-state index in [4.69, 9.17) is 25.8 Å². The molecule has 1 N–H and O–H groups in total. The Hall–Kier alpha value is -3.98. The fourth-order valence-electron chi connectivity index (χ4n) is 4.40. The number of likely N-dealkylation sites (tertiary alicyclic amines) is 1. The number of rotatable bonds is 10. The molecule has 0 unspecified atom stereocenters. The van der Waals surface area contributed by atoms with Gasteiger partial charge in [-0.15, -0.1) is 0 Å². The van der Waals surface area contributed by atoms with Crippen molar-refractivity contribution < 1.29 is 28.9 Å². The number of imidazole rings is 1. The molecule has 1 atom stereocenters. The lowest BCUT2D eigenvalue weighted by Crippen LogP contribution is -2.31. The molecule has 0 spiro atoms. The molecule has 1 aromatic heterocycles. The van der Waals surface area contributed by atoms with Crippen molar-refractivity contribution in [2.24, 2.45) is 0 Å². The normalized spacial score (nSPS) is 16.8. The highest BCUT2D eigenvalue weighted by atomic mass is 35.5. The second-order valence-electron chi connectivity index (χ2n) is 8.34. The van der Waals surface area contributed by atoms with Gasteiger partial charge in [0, 0.05) is 31.0 Å². The van der Waals surface area contributed by atoms with E-state index < -0.39 is 17.7 Å². The minimum absolute atomic E-state index is 0.0277. The van der Waals surface area contributed by atoms with Gasteiger partial charge in [-0.1, -0.05) is 17.7 Å². The van der Waals surface area contributed by atoms with Crippen LogP contribution in [0.1, 0.15) is 30.5 Å². The molecule has 1 amide bonds.